The molecule has 0 atom stereocenters. The van der Waals surface area contributed by atoms with Crippen molar-refractivity contribution in [1.29, 1.82) is 0 Å². The number of pyridine rings is 1. The Hall–Kier alpha value is -3.29. The molecule has 5 rings (SSSR count). The number of hydrogen-bond acceptors (Lipinski definition) is 5. The number of ether oxygens (including phenoxy) is 1. The third-order valence-electron chi connectivity index (χ3n) is 6.17. The highest BCUT2D eigenvalue weighted by Gasteiger charge is 2.16. The van der Waals surface area contributed by atoms with Gasteiger partial charge in [0.25, 0.3) is 5.56 Å². The van der Waals surface area contributed by atoms with Crippen LogP contribution in [0.15, 0.2) is 59.5 Å². The zero-order valence-electron chi connectivity index (χ0n) is 18.2. The monoisotopic (exact) mass is 463 g/mol. The molecule has 7 nitrogen and oxygen atoms in total. The van der Waals surface area contributed by atoms with Gasteiger partial charge in [-0.3, -0.25) is 9.89 Å². The average Bonchev–Trinajstić information content (AvgIpc) is 3.20. The molecule has 33 heavy (non-hydrogen) atoms. The summed E-state index contributed by atoms with van der Waals surface area (Å²) in [5.41, 5.74) is 10.8. The molecule has 4 aromatic rings. The predicted molar refractivity (Wildman–Crippen MR) is 133 cm³/mol. The molecule has 0 unspecified atom stereocenters. The highest BCUT2D eigenvalue weighted by atomic mass is 35.5. The van der Waals surface area contributed by atoms with Gasteiger partial charge >= 0.3 is 0 Å². The molecule has 3 heterocycles. The van der Waals surface area contributed by atoms with E-state index in [0.29, 0.717) is 23.3 Å². The number of halogens is 1. The lowest BCUT2D eigenvalue weighted by atomic mass is 9.99. The van der Waals surface area contributed by atoms with E-state index in [2.05, 4.69) is 21.6 Å². The molecule has 0 aliphatic carbocycles. The zero-order chi connectivity index (χ0) is 22.8. The lowest BCUT2D eigenvalue weighted by molar-refractivity contribution is 0.0699. The Bertz CT molecular complexity index is 1340. The number of fused-ring (bicyclic) bond motifs is 1. The number of nitrogens with one attached hydrogen (secondary N) is 2. The van der Waals surface area contributed by atoms with Gasteiger partial charge in [0.2, 0.25) is 0 Å². The maximum absolute atomic E-state index is 12.5. The minimum absolute atomic E-state index is 0.0662. The summed E-state index contributed by atoms with van der Waals surface area (Å²) in [5.74, 6) is 1.03. The van der Waals surface area contributed by atoms with E-state index < -0.39 is 0 Å². The van der Waals surface area contributed by atoms with Crippen LogP contribution in [0.5, 0.6) is 0 Å². The first kappa shape index (κ1) is 21.6. The van der Waals surface area contributed by atoms with Gasteiger partial charge in [0.15, 0.2) is 5.82 Å². The molecule has 1 aliphatic heterocycles. The fraction of sp³-hybridized carbons (Fsp3) is 0.280. The minimum atomic E-state index is -0.0662. The van der Waals surface area contributed by atoms with Gasteiger partial charge in [-0.2, -0.15) is 5.10 Å². The molecule has 2 aromatic carbocycles. The van der Waals surface area contributed by atoms with Gasteiger partial charge in [-0.05, 0) is 65.8 Å². The number of nitrogens with zero attached hydrogens (tertiary/aromatic N) is 2. The van der Waals surface area contributed by atoms with Crippen molar-refractivity contribution in [2.45, 2.75) is 19.4 Å². The summed E-state index contributed by atoms with van der Waals surface area (Å²) in [6.45, 7) is 2.91. The van der Waals surface area contributed by atoms with Crippen molar-refractivity contribution in [1.82, 2.24) is 14.8 Å². The van der Waals surface area contributed by atoms with Crippen LogP contribution in [0.3, 0.4) is 0 Å². The molecule has 0 saturated carbocycles. The van der Waals surface area contributed by atoms with Crippen molar-refractivity contribution in [3.8, 4) is 11.1 Å². The zero-order valence-corrected chi connectivity index (χ0v) is 18.9. The Morgan fingerprint density at radius 3 is 2.82 bits per heavy atom. The highest BCUT2D eigenvalue weighted by molar-refractivity contribution is 6.30. The molecule has 0 spiro atoms. The molecule has 1 aliphatic rings. The second kappa shape index (κ2) is 9.29. The van der Waals surface area contributed by atoms with Gasteiger partial charge in [0.1, 0.15) is 0 Å². The number of benzene rings is 2. The van der Waals surface area contributed by atoms with E-state index in [4.69, 9.17) is 22.1 Å². The van der Waals surface area contributed by atoms with Crippen LogP contribution in [0.25, 0.3) is 22.0 Å². The number of hydrogen-bond donors (Lipinski definition) is 3. The van der Waals surface area contributed by atoms with E-state index >= 15 is 0 Å². The van der Waals surface area contributed by atoms with Gasteiger partial charge in [-0.15, -0.1) is 0 Å². The first-order chi connectivity index (χ1) is 16.1. The van der Waals surface area contributed by atoms with Crippen molar-refractivity contribution in [2.24, 2.45) is 5.92 Å². The minimum Gasteiger partial charge on any atom is -0.384 e. The summed E-state index contributed by atoms with van der Waals surface area (Å²) in [5, 5.41) is 12.4. The van der Waals surface area contributed by atoms with Gasteiger partial charge in [0, 0.05) is 42.7 Å². The molecule has 0 bridgehead atoms. The summed E-state index contributed by atoms with van der Waals surface area (Å²) in [7, 11) is 0. The van der Waals surface area contributed by atoms with Gasteiger partial charge in [0.05, 0.1) is 17.4 Å². The van der Waals surface area contributed by atoms with Crippen molar-refractivity contribution in [3.63, 3.8) is 0 Å². The van der Waals surface area contributed by atoms with Crippen LogP contribution >= 0.6 is 11.6 Å². The number of aromatic nitrogens is 3. The standard InChI is InChI=1S/C25H26ClN5O2/c26-20-3-1-2-17(10-20)14-31-15-18(4-5-23(31)32)19-11-21(24-22(12-19)29-30-25(24)27)28-13-16-6-8-33-9-7-16/h1-5,10-12,15-16,28H,6-9,13-14H2,(H3,27,29,30). The smallest absolute Gasteiger partial charge is 0.250 e. The number of nitrogens with two attached hydrogens (primary N) is 1. The Balaban J connectivity index is 1.48. The molecule has 2 aromatic heterocycles. The van der Waals surface area contributed by atoms with Crippen LogP contribution in [0.4, 0.5) is 11.5 Å². The molecule has 1 saturated heterocycles. The lowest BCUT2D eigenvalue weighted by Crippen LogP contribution is -2.22. The van der Waals surface area contributed by atoms with Crippen LogP contribution in [0.1, 0.15) is 18.4 Å². The van der Waals surface area contributed by atoms with E-state index in [9.17, 15) is 4.79 Å². The summed E-state index contributed by atoms with van der Waals surface area (Å²) < 4.78 is 7.17. The normalized spacial score (nSPS) is 14.6. The van der Waals surface area contributed by atoms with Crippen LogP contribution in [0, 0.1) is 5.92 Å². The van der Waals surface area contributed by atoms with E-state index in [1.807, 2.05) is 42.6 Å². The van der Waals surface area contributed by atoms with E-state index in [1.54, 1.807) is 10.6 Å². The molecule has 4 N–H and O–H groups in total. The number of nitrogen functional groups attached to an aromatic ring is 1. The van der Waals surface area contributed by atoms with E-state index in [1.165, 1.54) is 0 Å². The number of anilines is 2. The maximum atomic E-state index is 12.5. The Morgan fingerprint density at radius 1 is 1.15 bits per heavy atom. The second-order valence-corrected chi connectivity index (χ2v) is 8.94. The number of aromatic amines is 1. The van der Waals surface area contributed by atoms with Crippen LogP contribution in [-0.2, 0) is 11.3 Å². The van der Waals surface area contributed by atoms with Crippen molar-refractivity contribution in [3.05, 3.63) is 75.7 Å². The first-order valence-electron chi connectivity index (χ1n) is 11.1. The second-order valence-electron chi connectivity index (χ2n) is 8.51. The van der Waals surface area contributed by atoms with Crippen molar-refractivity contribution >= 4 is 34.0 Å². The summed E-state index contributed by atoms with van der Waals surface area (Å²) in [4.78, 5) is 12.5. The largest absolute Gasteiger partial charge is 0.384 e. The Morgan fingerprint density at radius 2 is 2.00 bits per heavy atom. The van der Waals surface area contributed by atoms with Crippen LogP contribution < -0.4 is 16.6 Å². The van der Waals surface area contributed by atoms with Gasteiger partial charge in [-0.25, -0.2) is 0 Å². The maximum Gasteiger partial charge on any atom is 0.250 e. The fourth-order valence-corrected chi connectivity index (χ4v) is 4.56. The lowest BCUT2D eigenvalue weighted by Gasteiger charge is -2.23. The van der Waals surface area contributed by atoms with Gasteiger partial charge in [-0.1, -0.05) is 23.7 Å². The summed E-state index contributed by atoms with van der Waals surface area (Å²) >= 11 is 6.12. The molecule has 0 radical (unpaired) electrons. The molecular weight excluding hydrogens is 438 g/mol. The molecule has 0 amide bonds. The van der Waals surface area contributed by atoms with Crippen LogP contribution in [0.2, 0.25) is 5.02 Å². The van der Waals surface area contributed by atoms with Crippen molar-refractivity contribution < 1.29 is 4.74 Å². The third kappa shape index (κ3) is 4.74. The molecule has 8 heteroatoms. The highest BCUT2D eigenvalue weighted by Crippen LogP contribution is 2.33. The quantitative estimate of drug-likeness (QED) is 0.390. The third-order valence-corrected chi connectivity index (χ3v) is 6.41. The summed E-state index contributed by atoms with van der Waals surface area (Å²) in [6, 6.07) is 15.1. The average molecular weight is 464 g/mol. The first-order valence-corrected chi connectivity index (χ1v) is 11.5. The van der Waals surface area contributed by atoms with Crippen LogP contribution in [-0.4, -0.2) is 34.5 Å². The SMILES string of the molecule is Nc1n[nH]c2cc(-c3ccc(=O)n(Cc4cccc(Cl)c4)c3)cc(NCC3CCOCC3)c12. The van der Waals surface area contributed by atoms with E-state index in [-0.39, 0.29) is 5.56 Å². The molecule has 170 valence electrons. The Labute approximate surface area is 196 Å². The number of rotatable bonds is 6. The van der Waals surface area contributed by atoms with Gasteiger partial charge < -0.3 is 20.4 Å². The Kier molecular flexibility index (Phi) is 6.07. The molecular formula is C25H26ClN5O2. The summed E-state index contributed by atoms with van der Waals surface area (Å²) in [6.07, 6.45) is 3.97. The topological polar surface area (TPSA) is 98.0 Å². The molecule has 1 fully saturated rings. The predicted octanol–water partition coefficient (Wildman–Crippen LogP) is 4.51. The van der Waals surface area contributed by atoms with E-state index in [0.717, 1.165) is 65.9 Å². The fourth-order valence-electron chi connectivity index (χ4n) is 4.35. The number of H-pyrrole nitrogens is 1. The van der Waals surface area contributed by atoms with Crippen molar-refractivity contribution in [2.75, 3.05) is 30.8 Å².